The van der Waals surface area contributed by atoms with Gasteiger partial charge in [-0.05, 0) is 117 Å². The van der Waals surface area contributed by atoms with E-state index in [4.69, 9.17) is 10.7 Å². The highest BCUT2D eigenvalue weighted by Gasteiger charge is 2.13. The van der Waals surface area contributed by atoms with Gasteiger partial charge in [0.25, 0.3) is 0 Å². The maximum absolute atomic E-state index is 10.2. The van der Waals surface area contributed by atoms with Crippen LogP contribution in [0.15, 0.2) is 181 Å². The maximum Gasteiger partial charge on any atom is 0.0998 e. The second-order valence-corrected chi connectivity index (χ2v) is 12.8. The van der Waals surface area contributed by atoms with Crippen LogP contribution in [0.25, 0.3) is 44.7 Å². The molecule has 0 spiro atoms. The highest BCUT2D eigenvalue weighted by molar-refractivity contribution is 6.12. The lowest BCUT2D eigenvalue weighted by atomic mass is 9.89. The van der Waals surface area contributed by atoms with Gasteiger partial charge >= 0.3 is 0 Å². The predicted molar refractivity (Wildman–Crippen MR) is 225 cm³/mol. The molecule has 0 aromatic heterocycles. The van der Waals surface area contributed by atoms with E-state index < -0.39 is 0 Å². The molecular weight excluding hydrogens is 643 g/mol. The lowest BCUT2D eigenvalue weighted by molar-refractivity contribution is 0.886. The van der Waals surface area contributed by atoms with E-state index in [0.717, 1.165) is 63.9 Å². The van der Waals surface area contributed by atoms with Gasteiger partial charge in [-0.25, -0.2) is 0 Å². The molecule has 3 heteroatoms. The van der Waals surface area contributed by atoms with Crippen LogP contribution < -0.4 is 5.73 Å². The lowest BCUT2D eigenvalue weighted by Crippen LogP contribution is -2.04. The molecule has 0 aliphatic heterocycles. The fourth-order valence-electron chi connectivity index (χ4n) is 6.56. The largest absolute Gasteiger partial charge is 0.398 e. The smallest absolute Gasteiger partial charge is 0.0998 e. The zero-order chi connectivity index (χ0) is 36.8. The first kappa shape index (κ1) is 36.3. The van der Waals surface area contributed by atoms with E-state index >= 15 is 0 Å². The molecule has 0 saturated heterocycles. The van der Waals surface area contributed by atoms with Gasteiger partial charge in [0.1, 0.15) is 0 Å². The number of nitrogens with two attached hydrogens (primary N) is 1. The van der Waals surface area contributed by atoms with E-state index in [-0.39, 0.29) is 0 Å². The Morgan fingerprint density at radius 2 is 1.30 bits per heavy atom. The monoisotopic (exact) mass is 687 g/mol. The van der Waals surface area contributed by atoms with Crippen molar-refractivity contribution in [3.8, 4) is 39.4 Å². The summed E-state index contributed by atoms with van der Waals surface area (Å²) >= 11 is 0. The molecule has 0 radical (unpaired) electrons. The Balaban J connectivity index is 0.00000236. The first-order valence-corrected chi connectivity index (χ1v) is 18.5. The lowest BCUT2D eigenvalue weighted by Gasteiger charge is -2.14. The number of hydrogen-bond acceptors (Lipinski definition) is 3. The zero-order valence-corrected chi connectivity index (χ0v) is 30.5. The van der Waals surface area contributed by atoms with Crippen LogP contribution in [0.3, 0.4) is 0 Å². The molecule has 53 heavy (non-hydrogen) atoms. The molecule has 2 N–H and O–H groups in total. The van der Waals surface area contributed by atoms with Crippen molar-refractivity contribution in [1.29, 1.82) is 5.26 Å². The number of nitriles is 1. The maximum atomic E-state index is 10.2. The molecule has 0 heterocycles. The Labute approximate surface area is 314 Å². The van der Waals surface area contributed by atoms with Gasteiger partial charge in [-0.3, -0.25) is 4.99 Å². The summed E-state index contributed by atoms with van der Waals surface area (Å²) in [4.78, 5) is 5.06. The van der Waals surface area contributed by atoms with E-state index in [1.807, 2.05) is 80.6 Å². The number of rotatable bonds is 9. The SMILES string of the molecule is CC.N#Cc1ccc(-c2cc(C3=CC=CCCC3)cc(-c3ccccc3)c2)cc1-c1cccc(CN=C(/C=C(\N)c2ccccc2)c2ccccc2)c1. The molecule has 0 bridgehead atoms. The molecular formula is C50H45N3. The Morgan fingerprint density at radius 1 is 0.660 bits per heavy atom. The molecule has 0 unspecified atom stereocenters. The first-order chi connectivity index (χ1) is 26.1. The third-order valence-electron chi connectivity index (χ3n) is 9.27. The van der Waals surface area contributed by atoms with Crippen molar-refractivity contribution in [2.24, 2.45) is 10.7 Å². The molecule has 1 aliphatic carbocycles. The summed E-state index contributed by atoms with van der Waals surface area (Å²) in [7, 11) is 0. The Bertz CT molecular complexity index is 2300. The van der Waals surface area contributed by atoms with Gasteiger partial charge in [0, 0.05) is 11.3 Å². The number of allylic oxidation sites excluding steroid dienone is 5. The van der Waals surface area contributed by atoms with E-state index in [0.29, 0.717) is 17.8 Å². The fraction of sp³-hybridized carbons (Fsp3) is 0.120. The molecule has 0 amide bonds. The van der Waals surface area contributed by atoms with Gasteiger partial charge in [-0.2, -0.15) is 5.26 Å². The summed E-state index contributed by atoms with van der Waals surface area (Å²) in [5.74, 6) is 0. The van der Waals surface area contributed by atoms with Crippen LogP contribution in [0.5, 0.6) is 0 Å². The highest BCUT2D eigenvalue weighted by atomic mass is 14.7. The van der Waals surface area contributed by atoms with Gasteiger partial charge in [0.15, 0.2) is 0 Å². The van der Waals surface area contributed by atoms with Crippen LogP contribution in [0.2, 0.25) is 0 Å². The molecule has 7 rings (SSSR count). The molecule has 0 fully saturated rings. The third-order valence-corrected chi connectivity index (χ3v) is 9.27. The van der Waals surface area contributed by atoms with Gasteiger partial charge in [0.05, 0.1) is 23.9 Å². The normalized spacial score (nSPS) is 12.9. The van der Waals surface area contributed by atoms with E-state index in [9.17, 15) is 5.26 Å². The topological polar surface area (TPSA) is 62.2 Å². The van der Waals surface area contributed by atoms with Crippen molar-refractivity contribution in [3.63, 3.8) is 0 Å². The summed E-state index contributed by atoms with van der Waals surface area (Å²) in [5.41, 5.74) is 20.7. The number of hydrogen-bond donors (Lipinski definition) is 1. The van der Waals surface area contributed by atoms with Crippen LogP contribution in [-0.4, -0.2) is 5.71 Å². The van der Waals surface area contributed by atoms with Gasteiger partial charge < -0.3 is 5.73 Å². The zero-order valence-electron chi connectivity index (χ0n) is 30.5. The van der Waals surface area contributed by atoms with Crippen molar-refractivity contribution >= 4 is 17.0 Å². The second-order valence-electron chi connectivity index (χ2n) is 12.8. The average Bonchev–Trinajstić information content (AvgIpc) is 3.54. The minimum Gasteiger partial charge on any atom is -0.398 e. The van der Waals surface area contributed by atoms with Crippen molar-refractivity contribution < 1.29 is 0 Å². The summed E-state index contributed by atoms with van der Waals surface area (Å²) < 4.78 is 0. The van der Waals surface area contributed by atoms with E-state index in [1.54, 1.807) is 0 Å². The average molecular weight is 688 g/mol. The van der Waals surface area contributed by atoms with Crippen LogP contribution in [0.1, 0.15) is 60.9 Å². The standard InChI is InChI=1S/C48H39N3.C2H6/c49-33-42-26-25-40(45-29-43(36-16-6-1-2-7-17-36)28-44(30-45)37-18-8-3-9-19-37)31-46(42)41-24-14-15-35(27-41)34-51-48(39-22-12-5-13-23-39)32-47(50)38-20-10-4-11-21-38;1-2/h1,3-6,8-16,18-32H,2,7,17,34,50H2;1-2H3/b47-32-,51-48?;. The van der Waals surface area contributed by atoms with Crippen LogP contribution in [-0.2, 0) is 6.54 Å². The minimum atomic E-state index is 0.463. The molecule has 6 aromatic rings. The molecule has 0 atom stereocenters. The third kappa shape index (κ3) is 9.25. The number of benzene rings is 6. The van der Waals surface area contributed by atoms with Gasteiger partial charge in [-0.1, -0.05) is 147 Å². The number of aliphatic imine (C=N–C) groups is 1. The van der Waals surface area contributed by atoms with Gasteiger partial charge in [0.2, 0.25) is 0 Å². The fourth-order valence-corrected chi connectivity index (χ4v) is 6.56. The molecule has 0 saturated carbocycles. The van der Waals surface area contributed by atoms with Crippen molar-refractivity contribution in [2.45, 2.75) is 39.7 Å². The first-order valence-electron chi connectivity index (χ1n) is 18.5. The van der Waals surface area contributed by atoms with Crippen LogP contribution in [0.4, 0.5) is 0 Å². The second kappa shape index (κ2) is 18.1. The van der Waals surface area contributed by atoms with Crippen molar-refractivity contribution in [2.75, 3.05) is 0 Å². The molecule has 260 valence electrons. The van der Waals surface area contributed by atoms with Crippen LogP contribution >= 0.6 is 0 Å². The predicted octanol–water partition coefficient (Wildman–Crippen LogP) is 12.7. The molecule has 3 nitrogen and oxygen atoms in total. The molecule has 1 aliphatic rings. The van der Waals surface area contributed by atoms with Crippen molar-refractivity contribution in [1.82, 2.24) is 0 Å². The summed E-state index contributed by atoms with van der Waals surface area (Å²) in [6.07, 6.45) is 11.9. The molecule has 6 aromatic carbocycles. The van der Waals surface area contributed by atoms with Gasteiger partial charge in [-0.15, -0.1) is 0 Å². The number of nitrogens with zero attached hydrogens (tertiary/aromatic N) is 2. The Kier molecular flexibility index (Phi) is 12.4. The van der Waals surface area contributed by atoms with E-state index in [2.05, 4.69) is 115 Å². The summed E-state index contributed by atoms with van der Waals surface area (Å²) in [6, 6.07) is 54.5. The Morgan fingerprint density at radius 3 is 2.02 bits per heavy atom. The quantitative estimate of drug-likeness (QED) is 0.154. The van der Waals surface area contributed by atoms with Crippen LogP contribution in [0, 0.1) is 11.3 Å². The Hall–Kier alpha value is -6.50. The van der Waals surface area contributed by atoms with E-state index in [1.165, 1.54) is 22.3 Å². The summed E-state index contributed by atoms with van der Waals surface area (Å²) in [6.45, 7) is 4.46. The summed E-state index contributed by atoms with van der Waals surface area (Å²) in [5, 5.41) is 10.2. The highest BCUT2D eigenvalue weighted by Crippen LogP contribution is 2.36. The minimum absolute atomic E-state index is 0.463. The van der Waals surface area contributed by atoms with Crippen molar-refractivity contribution in [3.05, 3.63) is 204 Å².